The number of nitriles is 1. The van der Waals surface area contributed by atoms with E-state index in [-0.39, 0.29) is 36.5 Å². The monoisotopic (exact) mass is 643 g/mol. The summed E-state index contributed by atoms with van der Waals surface area (Å²) in [6.07, 6.45) is 0.578. The number of nitrogens with zero attached hydrogens (tertiary/aromatic N) is 8. The molecule has 6 rings (SSSR count). The van der Waals surface area contributed by atoms with Crippen LogP contribution < -0.4 is 26.5 Å². The maximum atomic E-state index is 15.1. The molecule has 14 nitrogen and oxygen atoms in total. The molecule has 3 aliphatic heterocycles. The summed E-state index contributed by atoms with van der Waals surface area (Å²) in [5, 5.41) is 14.2. The first-order valence-corrected chi connectivity index (χ1v) is 15.5. The number of carbonyl (C=O) groups is 1. The molecule has 3 aliphatic rings. The van der Waals surface area contributed by atoms with Crippen LogP contribution in [-0.4, -0.2) is 114 Å². The lowest BCUT2D eigenvalue weighted by atomic mass is 10.0. The number of piperidine rings is 1. The van der Waals surface area contributed by atoms with Gasteiger partial charge in [-0.1, -0.05) is 0 Å². The summed E-state index contributed by atoms with van der Waals surface area (Å²) < 4.78 is 26.4. The molecule has 4 heterocycles. The Morgan fingerprint density at radius 2 is 1.91 bits per heavy atom. The first-order chi connectivity index (χ1) is 22.8. The molecule has 15 heteroatoms. The van der Waals surface area contributed by atoms with E-state index in [1.165, 1.54) is 30.2 Å². The molecule has 5 N–H and O–H groups in total. The third-order valence-electron chi connectivity index (χ3n) is 8.51. The number of halogens is 1. The molecule has 0 saturated carbocycles. The largest absolute Gasteiger partial charge is 0.486 e. The summed E-state index contributed by atoms with van der Waals surface area (Å²) in [7, 11) is 1.53. The van der Waals surface area contributed by atoms with E-state index in [9.17, 15) is 10.1 Å². The van der Waals surface area contributed by atoms with Gasteiger partial charge in [-0.25, -0.2) is 20.2 Å². The van der Waals surface area contributed by atoms with Gasteiger partial charge in [0, 0.05) is 69.3 Å². The molecule has 0 radical (unpaired) electrons. The number of benzene rings is 2. The number of amides is 1. The molecule has 246 valence electrons. The van der Waals surface area contributed by atoms with E-state index in [0.29, 0.717) is 23.4 Å². The number of alkyl halides is 1. The fourth-order valence-corrected chi connectivity index (χ4v) is 5.84. The van der Waals surface area contributed by atoms with E-state index in [0.717, 1.165) is 50.1 Å². The van der Waals surface area contributed by atoms with Gasteiger partial charge < -0.3 is 35.3 Å². The lowest BCUT2D eigenvalue weighted by Crippen LogP contribution is -2.56. The van der Waals surface area contributed by atoms with Crippen LogP contribution in [0.25, 0.3) is 11.4 Å². The van der Waals surface area contributed by atoms with Crippen molar-refractivity contribution in [1.82, 2.24) is 29.8 Å². The van der Waals surface area contributed by atoms with Gasteiger partial charge in [0.25, 0.3) is 5.91 Å². The van der Waals surface area contributed by atoms with Gasteiger partial charge in [0.15, 0.2) is 12.0 Å². The Bertz CT molecular complexity index is 1640. The molecule has 3 fully saturated rings. The van der Waals surface area contributed by atoms with Crippen LogP contribution in [0.1, 0.15) is 12.0 Å². The normalized spacial score (nSPS) is 20.7. The van der Waals surface area contributed by atoms with Gasteiger partial charge >= 0.3 is 0 Å². The summed E-state index contributed by atoms with van der Waals surface area (Å²) >= 11 is 0. The van der Waals surface area contributed by atoms with Gasteiger partial charge in [-0.05, 0) is 42.5 Å². The van der Waals surface area contributed by atoms with Crippen LogP contribution >= 0.6 is 0 Å². The number of carbonyl (C=O) groups excluding carboxylic acids is 1. The zero-order chi connectivity index (χ0) is 32.9. The van der Waals surface area contributed by atoms with E-state index in [1.807, 2.05) is 12.1 Å². The Balaban J connectivity index is 1.06. The fourth-order valence-electron chi connectivity index (χ4n) is 5.84. The van der Waals surface area contributed by atoms with Crippen molar-refractivity contribution in [2.75, 3.05) is 69.7 Å². The van der Waals surface area contributed by atoms with Crippen LogP contribution in [0.3, 0.4) is 0 Å². The van der Waals surface area contributed by atoms with E-state index < -0.39 is 18.2 Å². The molecule has 1 amide bonds. The van der Waals surface area contributed by atoms with Crippen LogP contribution in [0.5, 0.6) is 5.75 Å². The Hall–Kier alpha value is -5.04. The molecule has 2 aromatic carbocycles. The highest BCUT2D eigenvalue weighted by molar-refractivity contribution is 5.92. The van der Waals surface area contributed by atoms with Gasteiger partial charge in [-0.15, -0.1) is 0 Å². The number of ether oxygens (including phenoxy) is 2. The average Bonchev–Trinajstić information content (AvgIpc) is 3.05. The number of hydrogen-bond acceptors (Lipinski definition) is 13. The Morgan fingerprint density at radius 3 is 2.57 bits per heavy atom. The van der Waals surface area contributed by atoms with Crippen LogP contribution in [0.15, 0.2) is 60.7 Å². The minimum absolute atomic E-state index is 0.0846. The average molecular weight is 644 g/mol. The highest BCUT2D eigenvalue weighted by Gasteiger charge is 2.34. The Kier molecular flexibility index (Phi) is 9.62. The van der Waals surface area contributed by atoms with Crippen molar-refractivity contribution in [2.24, 2.45) is 11.6 Å². The number of nitrogens with two attached hydrogens (primary N) is 2. The molecular formula is C32H38FN11O3. The number of aromatic nitrogens is 3. The van der Waals surface area contributed by atoms with Crippen molar-refractivity contribution < 1.29 is 18.7 Å². The van der Waals surface area contributed by atoms with Gasteiger partial charge in [0.2, 0.25) is 5.95 Å². The third-order valence-corrected chi connectivity index (χ3v) is 8.51. The van der Waals surface area contributed by atoms with Crippen molar-refractivity contribution in [2.45, 2.75) is 24.7 Å². The van der Waals surface area contributed by atoms with Crippen molar-refractivity contribution in [1.29, 1.82) is 5.26 Å². The lowest BCUT2D eigenvalue weighted by molar-refractivity contribution is -0.131. The fraction of sp³-hybridized carbons (Fsp3) is 0.406. The smallest absolute Gasteiger partial charge is 0.271 e. The summed E-state index contributed by atoms with van der Waals surface area (Å²) in [5.74, 6) is 5.97. The molecule has 3 saturated heterocycles. The van der Waals surface area contributed by atoms with Gasteiger partial charge in [0.1, 0.15) is 29.9 Å². The first-order valence-electron chi connectivity index (χ1n) is 15.5. The molecule has 0 spiro atoms. The van der Waals surface area contributed by atoms with Crippen molar-refractivity contribution in [3.05, 3.63) is 66.3 Å². The van der Waals surface area contributed by atoms with Crippen LogP contribution in [-0.2, 0) is 9.53 Å². The zero-order valence-corrected chi connectivity index (χ0v) is 26.1. The number of nitrogens with one attached hydrogen (secondary N) is 1. The minimum atomic E-state index is -1.48. The highest BCUT2D eigenvalue weighted by Crippen LogP contribution is 2.29. The second kappa shape index (κ2) is 14.2. The highest BCUT2D eigenvalue weighted by atomic mass is 19.1. The second-order valence-corrected chi connectivity index (χ2v) is 11.8. The maximum absolute atomic E-state index is 15.1. The van der Waals surface area contributed by atoms with Crippen LogP contribution in [0.2, 0.25) is 0 Å². The number of likely N-dealkylation sites (tertiary alicyclic amines) is 1. The summed E-state index contributed by atoms with van der Waals surface area (Å²) in [6.45, 7) is 5.74. The van der Waals surface area contributed by atoms with Gasteiger partial charge in [-0.2, -0.15) is 10.2 Å². The molecule has 0 bridgehead atoms. The van der Waals surface area contributed by atoms with Crippen molar-refractivity contribution in [3.8, 4) is 23.2 Å². The number of hydrazine groups is 1. The predicted octanol–water partition coefficient (Wildman–Crippen LogP) is 1.60. The first kappa shape index (κ1) is 31.9. The second-order valence-electron chi connectivity index (χ2n) is 11.8. The molecule has 0 aliphatic carbocycles. The zero-order valence-electron chi connectivity index (χ0n) is 26.1. The Labute approximate surface area is 272 Å². The quantitative estimate of drug-likeness (QED) is 0.174. The SMILES string of the molecule is CN(N)/C=C(\N)C(=O)N1CCC(Oc2ccc(-c3ncnc(Nc4ccc(N5CCN(C6COC6)CC5)cc4)n3)cc2C#N)C(F)C1. The van der Waals surface area contributed by atoms with Crippen molar-refractivity contribution in [3.63, 3.8) is 0 Å². The van der Waals surface area contributed by atoms with Gasteiger partial charge in [-0.3, -0.25) is 9.69 Å². The number of anilines is 3. The lowest BCUT2D eigenvalue weighted by Gasteiger charge is -2.43. The van der Waals surface area contributed by atoms with Crippen LogP contribution in [0, 0.1) is 11.3 Å². The third kappa shape index (κ3) is 7.51. The van der Waals surface area contributed by atoms with Gasteiger partial charge in [0.05, 0.1) is 31.4 Å². The van der Waals surface area contributed by atoms with E-state index in [2.05, 4.69) is 48.3 Å². The standard InChI is InChI=1S/C32H38FN11O3/c1-41(36)17-27(35)31(45)44-9-8-29(26(33)16-44)47-28-7-2-21(14-22(28)15-34)30-37-20-38-32(40-30)39-23-3-5-24(6-4-23)42-10-12-43(13-11-42)25-18-46-19-25/h2-7,14,17,20,25-26,29H,8-13,16,18-19,35-36H2,1H3,(H,37,38,39,40)/b27-17-. The van der Waals surface area contributed by atoms with E-state index >= 15 is 4.39 Å². The molecule has 1 aromatic heterocycles. The molecule has 2 atom stereocenters. The number of rotatable bonds is 9. The van der Waals surface area contributed by atoms with Crippen molar-refractivity contribution >= 4 is 23.2 Å². The summed E-state index contributed by atoms with van der Waals surface area (Å²) in [4.78, 5) is 31.8. The minimum Gasteiger partial charge on any atom is -0.486 e. The molecular weight excluding hydrogens is 605 g/mol. The Morgan fingerprint density at radius 1 is 1.15 bits per heavy atom. The number of hydrogen-bond donors (Lipinski definition) is 3. The summed E-state index contributed by atoms with van der Waals surface area (Å²) in [6, 6.07) is 15.8. The molecule has 3 aromatic rings. The predicted molar refractivity (Wildman–Crippen MR) is 173 cm³/mol. The molecule has 2 unspecified atom stereocenters. The number of piperazine rings is 1. The topological polar surface area (TPSA) is 175 Å². The van der Waals surface area contributed by atoms with E-state index in [4.69, 9.17) is 21.1 Å². The van der Waals surface area contributed by atoms with Crippen LogP contribution in [0.4, 0.5) is 21.7 Å². The summed E-state index contributed by atoms with van der Waals surface area (Å²) in [5.41, 5.74) is 8.48. The maximum Gasteiger partial charge on any atom is 0.271 e. The molecule has 47 heavy (non-hydrogen) atoms. The van der Waals surface area contributed by atoms with E-state index in [1.54, 1.807) is 18.2 Å².